The first-order valence-corrected chi connectivity index (χ1v) is 5.93. The van der Waals surface area contributed by atoms with E-state index in [2.05, 4.69) is 6.92 Å². The van der Waals surface area contributed by atoms with Crippen LogP contribution < -0.4 is 0 Å². The fourth-order valence-electron chi connectivity index (χ4n) is 1.78. The van der Waals surface area contributed by atoms with Crippen LogP contribution in [-0.2, 0) is 0 Å². The van der Waals surface area contributed by atoms with Crippen LogP contribution in [0.3, 0.4) is 0 Å². The van der Waals surface area contributed by atoms with Gasteiger partial charge in [-0.3, -0.25) is 0 Å². The maximum atomic E-state index is 12.6. The zero-order valence-corrected chi connectivity index (χ0v) is 10.6. The molecule has 3 atom stereocenters. The maximum absolute atomic E-state index is 12.6. The summed E-state index contributed by atoms with van der Waals surface area (Å²) >= 11 is 0. The van der Waals surface area contributed by atoms with E-state index < -0.39 is 17.7 Å². The van der Waals surface area contributed by atoms with Gasteiger partial charge >= 0.3 is 6.18 Å². The molecule has 0 saturated carbocycles. The van der Waals surface area contributed by atoms with Crippen LogP contribution in [0.15, 0.2) is 0 Å². The Kier molecular flexibility index (Phi) is 5.80. The molecule has 4 heteroatoms. The number of halogens is 3. The maximum Gasteiger partial charge on any atom is 0.417 e. The van der Waals surface area contributed by atoms with E-state index in [0.717, 1.165) is 32.6 Å². The van der Waals surface area contributed by atoms with Gasteiger partial charge in [0.2, 0.25) is 0 Å². The SMILES string of the molecule is CCCCCC(C)C(C)C(C)(O)C(F)(F)F. The molecule has 0 aliphatic heterocycles. The highest BCUT2D eigenvalue weighted by atomic mass is 19.4. The number of hydrogen-bond acceptors (Lipinski definition) is 1. The molecule has 0 bridgehead atoms. The lowest BCUT2D eigenvalue weighted by Gasteiger charge is -2.36. The monoisotopic (exact) mass is 240 g/mol. The highest BCUT2D eigenvalue weighted by molar-refractivity contribution is 4.89. The largest absolute Gasteiger partial charge is 0.417 e. The average Bonchev–Trinajstić information content (AvgIpc) is 2.15. The van der Waals surface area contributed by atoms with Crippen LogP contribution in [-0.4, -0.2) is 16.9 Å². The van der Waals surface area contributed by atoms with Gasteiger partial charge in [0.15, 0.2) is 5.60 Å². The third kappa shape index (κ3) is 3.96. The fourth-order valence-corrected chi connectivity index (χ4v) is 1.78. The molecule has 0 radical (unpaired) electrons. The van der Waals surface area contributed by atoms with Crippen molar-refractivity contribution in [3.8, 4) is 0 Å². The van der Waals surface area contributed by atoms with Crippen LogP contribution in [0, 0.1) is 11.8 Å². The molecule has 0 heterocycles. The van der Waals surface area contributed by atoms with E-state index in [0.29, 0.717) is 0 Å². The molecule has 0 fully saturated rings. The third-order valence-electron chi connectivity index (χ3n) is 3.58. The van der Waals surface area contributed by atoms with Crippen LogP contribution in [0.4, 0.5) is 13.2 Å². The minimum absolute atomic E-state index is 0.122. The summed E-state index contributed by atoms with van der Waals surface area (Å²) in [5.41, 5.74) is -2.58. The minimum Gasteiger partial charge on any atom is -0.380 e. The molecule has 98 valence electrons. The van der Waals surface area contributed by atoms with Crippen molar-refractivity contribution in [1.82, 2.24) is 0 Å². The van der Waals surface area contributed by atoms with Crippen molar-refractivity contribution in [1.29, 1.82) is 0 Å². The van der Waals surface area contributed by atoms with Gasteiger partial charge in [-0.05, 0) is 18.8 Å². The van der Waals surface area contributed by atoms with Crippen LogP contribution in [0.5, 0.6) is 0 Å². The van der Waals surface area contributed by atoms with E-state index in [-0.39, 0.29) is 5.92 Å². The van der Waals surface area contributed by atoms with Crippen LogP contribution in [0.1, 0.15) is 53.4 Å². The van der Waals surface area contributed by atoms with E-state index >= 15 is 0 Å². The first-order valence-electron chi connectivity index (χ1n) is 5.93. The number of hydrogen-bond donors (Lipinski definition) is 1. The van der Waals surface area contributed by atoms with Crippen molar-refractivity contribution >= 4 is 0 Å². The predicted octanol–water partition coefficient (Wildman–Crippen LogP) is 4.15. The van der Waals surface area contributed by atoms with Crippen molar-refractivity contribution in [3.05, 3.63) is 0 Å². The van der Waals surface area contributed by atoms with E-state index in [1.807, 2.05) is 0 Å². The van der Waals surface area contributed by atoms with Gasteiger partial charge < -0.3 is 5.11 Å². The Bertz CT molecular complexity index is 199. The molecular formula is C12H23F3O. The first-order chi connectivity index (χ1) is 7.14. The predicted molar refractivity (Wildman–Crippen MR) is 59.1 cm³/mol. The molecule has 0 spiro atoms. The van der Waals surface area contributed by atoms with Gasteiger partial charge in [-0.15, -0.1) is 0 Å². The lowest BCUT2D eigenvalue weighted by Crippen LogP contribution is -2.49. The van der Waals surface area contributed by atoms with Gasteiger partial charge in [-0.1, -0.05) is 46.5 Å². The Morgan fingerprint density at radius 2 is 1.62 bits per heavy atom. The normalized spacial score (nSPS) is 20.2. The second-order valence-electron chi connectivity index (χ2n) is 4.91. The summed E-state index contributed by atoms with van der Waals surface area (Å²) in [6, 6.07) is 0. The Morgan fingerprint density at radius 1 is 1.12 bits per heavy atom. The lowest BCUT2D eigenvalue weighted by molar-refractivity contribution is -0.275. The molecular weight excluding hydrogens is 217 g/mol. The van der Waals surface area contributed by atoms with Crippen molar-refractivity contribution in [3.63, 3.8) is 0 Å². The van der Waals surface area contributed by atoms with Gasteiger partial charge in [0.25, 0.3) is 0 Å². The summed E-state index contributed by atoms with van der Waals surface area (Å²) in [7, 11) is 0. The minimum atomic E-state index is -4.55. The zero-order valence-electron chi connectivity index (χ0n) is 10.6. The summed E-state index contributed by atoms with van der Waals surface area (Å²) in [5, 5.41) is 9.52. The molecule has 0 aromatic rings. The smallest absolute Gasteiger partial charge is 0.380 e. The van der Waals surface area contributed by atoms with E-state index in [9.17, 15) is 18.3 Å². The number of aliphatic hydroxyl groups is 1. The summed E-state index contributed by atoms with van der Waals surface area (Å²) in [4.78, 5) is 0. The van der Waals surface area contributed by atoms with E-state index in [4.69, 9.17) is 0 Å². The van der Waals surface area contributed by atoms with Gasteiger partial charge in [0.05, 0.1) is 0 Å². The van der Waals surface area contributed by atoms with Gasteiger partial charge in [-0.2, -0.15) is 13.2 Å². The van der Waals surface area contributed by atoms with Gasteiger partial charge in [-0.25, -0.2) is 0 Å². The van der Waals surface area contributed by atoms with Crippen molar-refractivity contribution in [2.24, 2.45) is 11.8 Å². The average molecular weight is 240 g/mol. The number of unbranched alkanes of at least 4 members (excludes halogenated alkanes) is 2. The summed E-state index contributed by atoms with van der Waals surface area (Å²) in [6.07, 6.45) is -0.801. The lowest BCUT2D eigenvalue weighted by atomic mass is 9.78. The van der Waals surface area contributed by atoms with Gasteiger partial charge in [0.1, 0.15) is 0 Å². The second kappa shape index (κ2) is 5.89. The zero-order chi connectivity index (χ0) is 13.0. The molecule has 1 nitrogen and oxygen atoms in total. The highest BCUT2D eigenvalue weighted by Crippen LogP contribution is 2.40. The van der Waals surface area contributed by atoms with Gasteiger partial charge in [0, 0.05) is 0 Å². The Labute approximate surface area is 96.0 Å². The van der Waals surface area contributed by atoms with Crippen molar-refractivity contribution in [2.75, 3.05) is 0 Å². The second-order valence-corrected chi connectivity index (χ2v) is 4.91. The topological polar surface area (TPSA) is 20.2 Å². The summed E-state index contributed by atoms with van der Waals surface area (Å²) < 4.78 is 37.7. The molecule has 16 heavy (non-hydrogen) atoms. The molecule has 0 amide bonds. The quantitative estimate of drug-likeness (QED) is 0.691. The van der Waals surface area contributed by atoms with Crippen LogP contribution in [0.2, 0.25) is 0 Å². The van der Waals surface area contributed by atoms with Crippen LogP contribution >= 0.6 is 0 Å². The van der Waals surface area contributed by atoms with Crippen LogP contribution in [0.25, 0.3) is 0 Å². The first kappa shape index (κ1) is 15.8. The Hall–Kier alpha value is -0.250. The molecule has 0 aliphatic rings. The number of rotatable bonds is 6. The van der Waals surface area contributed by atoms with Crippen molar-refractivity contribution < 1.29 is 18.3 Å². The molecule has 0 rings (SSSR count). The molecule has 0 saturated heterocycles. The fraction of sp³-hybridized carbons (Fsp3) is 1.00. The third-order valence-corrected chi connectivity index (χ3v) is 3.58. The standard InChI is InChI=1S/C12H23F3O/c1-5-6-7-8-9(2)10(3)11(4,16)12(13,14)15/h9-10,16H,5-8H2,1-4H3. The molecule has 3 unspecified atom stereocenters. The molecule has 0 aromatic heterocycles. The summed E-state index contributed by atoms with van der Waals surface area (Å²) in [6.45, 7) is 6.18. The summed E-state index contributed by atoms with van der Waals surface area (Å²) in [5.74, 6) is -0.896. The molecule has 0 aromatic carbocycles. The van der Waals surface area contributed by atoms with E-state index in [1.54, 1.807) is 6.92 Å². The highest BCUT2D eigenvalue weighted by Gasteiger charge is 2.54. The Balaban J connectivity index is 4.36. The van der Waals surface area contributed by atoms with Crippen molar-refractivity contribution in [2.45, 2.75) is 65.2 Å². The number of alkyl halides is 3. The van der Waals surface area contributed by atoms with E-state index in [1.165, 1.54) is 6.92 Å². The molecule has 0 aliphatic carbocycles. The molecule has 1 N–H and O–H groups in total. The Morgan fingerprint density at radius 3 is 2.00 bits per heavy atom.